The summed E-state index contributed by atoms with van der Waals surface area (Å²) in [6.45, 7) is 9.15. The summed E-state index contributed by atoms with van der Waals surface area (Å²) in [5.41, 5.74) is 0.397. The minimum absolute atomic E-state index is 0. The van der Waals surface area contributed by atoms with E-state index in [9.17, 15) is 13.2 Å². The molecule has 1 atom stereocenters. The quantitative estimate of drug-likeness (QED) is 0.264. The van der Waals surface area contributed by atoms with E-state index in [0.717, 1.165) is 19.3 Å². The average Bonchev–Trinajstić information content (AvgIpc) is 2.40. The van der Waals surface area contributed by atoms with E-state index in [4.69, 9.17) is 8.92 Å². The molecule has 0 fully saturated rings. The minimum atomic E-state index is -3.41. The maximum Gasteiger partial charge on any atom is 0.333 e. The van der Waals surface area contributed by atoms with Crippen LogP contribution in [0.2, 0.25) is 0 Å². The molecule has 0 aromatic rings. The summed E-state index contributed by atoms with van der Waals surface area (Å²) in [6.07, 6.45) is 3.72. The first-order valence-electron chi connectivity index (χ1n) is 7.02. The van der Waals surface area contributed by atoms with Gasteiger partial charge in [0, 0.05) is 5.57 Å². The van der Waals surface area contributed by atoms with Gasteiger partial charge in [-0.1, -0.05) is 19.9 Å². The highest BCUT2D eigenvalue weighted by atomic mass is 32.2. The second kappa shape index (κ2) is 13.7. The Morgan fingerprint density at radius 2 is 1.64 bits per heavy atom. The van der Waals surface area contributed by atoms with E-state index in [2.05, 4.69) is 6.58 Å². The predicted octanol–water partition coefficient (Wildman–Crippen LogP) is 2.15. The molecule has 0 heterocycles. The molecule has 8 heteroatoms. The lowest BCUT2D eigenvalue weighted by atomic mass is 10.2. The van der Waals surface area contributed by atoms with E-state index in [1.54, 1.807) is 13.8 Å². The summed E-state index contributed by atoms with van der Waals surface area (Å²) in [5.74, 6) is -0.368. The SMILES string of the molecule is C=C(C)C(=O)OCCCCCCOS(=O)(=O)C(C)CC.N.O. The normalized spacial score (nSPS) is 11.8. The monoisotopic (exact) mass is 341 g/mol. The summed E-state index contributed by atoms with van der Waals surface area (Å²) < 4.78 is 33.0. The second-order valence-electron chi connectivity index (χ2n) is 4.86. The number of carbonyl (C=O) groups excluding carboxylic acids is 1. The molecule has 7 nitrogen and oxygen atoms in total. The summed E-state index contributed by atoms with van der Waals surface area (Å²) in [7, 11) is -3.41. The van der Waals surface area contributed by atoms with Gasteiger partial charge in [0.1, 0.15) is 0 Å². The van der Waals surface area contributed by atoms with Crippen molar-refractivity contribution in [2.45, 2.75) is 58.1 Å². The van der Waals surface area contributed by atoms with Crippen molar-refractivity contribution >= 4 is 16.1 Å². The summed E-state index contributed by atoms with van der Waals surface area (Å²) in [5, 5.41) is -0.455. The molecule has 0 aromatic heterocycles. The zero-order chi connectivity index (χ0) is 15.6. The van der Waals surface area contributed by atoms with Crippen LogP contribution in [0.15, 0.2) is 12.2 Å². The Hall–Kier alpha value is -0.960. The molecular formula is C14H31NO6S. The van der Waals surface area contributed by atoms with Crippen LogP contribution in [0.3, 0.4) is 0 Å². The summed E-state index contributed by atoms with van der Waals surface area (Å²) in [4.78, 5) is 11.1. The van der Waals surface area contributed by atoms with Crippen LogP contribution in [0.25, 0.3) is 0 Å². The number of hydrogen-bond acceptors (Lipinski definition) is 6. The molecule has 1 unspecified atom stereocenters. The molecule has 0 saturated carbocycles. The van der Waals surface area contributed by atoms with Crippen molar-refractivity contribution in [2.24, 2.45) is 0 Å². The zero-order valence-electron chi connectivity index (χ0n) is 13.9. The molecule has 0 aliphatic rings. The van der Waals surface area contributed by atoms with Crippen LogP contribution in [0, 0.1) is 0 Å². The van der Waals surface area contributed by atoms with E-state index >= 15 is 0 Å². The standard InChI is InChI=1S/C14H26O5S.H3N.H2O/c1-5-13(4)20(16,17)19-11-9-7-6-8-10-18-14(15)12(2)3;;/h13H,2,5-11H2,1,3-4H3;1H3;1H2. The molecule has 0 saturated heterocycles. The van der Waals surface area contributed by atoms with Crippen molar-refractivity contribution in [3.05, 3.63) is 12.2 Å². The fraction of sp³-hybridized carbons (Fsp3) is 0.786. The maximum absolute atomic E-state index is 11.5. The van der Waals surface area contributed by atoms with Crippen LogP contribution in [-0.4, -0.2) is 38.3 Å². The van der Waals surface area contributed by atoms with E-state index in [1.807, 2.05) is 6.92 Å². The molecule has 0 rings (SSSR count). The van der Waals surface area contributed by atoms with Crippen LogP contribution in [-0.2, 0) is 23.8 Å². The Kier molecular flexibility index (Phi) is 16.2. The van der Waals surface area contributed by atoms with Crippen LogP contribution < -0.4 is 6.15 Å². The van der Waals surface area contributed by atoms with Crippen molar-refractivity contribution in [1.29, 1.82) is 0 Å². The lowest BCUT2D eigenvalue weighted by molar-refractivity contribution is -0.139. The first-order valence-corrected chi connectivity index (χ1v) is 8.49. The van der Waals surface area contributed by atoms with Crippen LogP contribution in [0.1, 0.15) is 52.9 Å². The van der Waals surface area contributed by atoms with Gasteiger partial charge in [-0.05, 0) is 39.5 Å². The number of hydrogen-bond donors (Lipinski definition) is 1. The van der Waals surface area contributed by atoms with Gasteiger partial charge in [-0.25, -0.2) is 4.79 Å². The highest BCUT2D eigenvalue weighted by Crippen LogP contribution is 2.09. The first kappa shape index (κ1) is 26.0. The summed E-state index contributed by atoms with van der Waals surface area (Å²) >= 11 is 0. The maximum atomic E-state index is 11.5. The van der Waals surface area contributed by atoms with E-state index in [0.29, 0.717) is 25.0 Å². The van der Waals surface area contributed by atoms with Crippen molar-refractivity contribution in [3.63, 3.8) is 0 Å². The number of rotatable bonds is 11. The molecule has 22 heavy (non-hydrogen) atoms. The Labute approximate surface area is 134 Å². The minimum Gasteiger partial charge on any atom is -0.462 e. The lowest BCUT2D eigenvalue weighted by Gasteiger charge is -2.10. The highest BCUT2D eigenvalue weighted by Gasteiger charge is 2.19. The Morgan fingerprint density at radius 1 is 1.14 bits per heavy atom. The molecule has 0 aromatic carbocycles. The molecule has 0 radical (unpaired) electrons. The van der Waals surface area contributed by atoms with E-state index < -0.39 is 15.4 Å². The largest absolute Gasteiger partial charge is 0.462 e. The van der Waals surface area contributed by atoms with Gasteiger partial charge in [-0.3, -0.25) is 4.18 Å². The van der Waals surface area contributed by atoms with Gasteiger partial charge in [0.05, 0.1) is 18.5 Å². The van der Waals surface area contributed by atoms with Crippen LogP contribution in [0.4, 0.5) is 0 Å². The van der Waals surface area contributed by atoms with Crippen molar-refractivity contribution in [1.82, 2.24) is 6.15 Å². The number of unbranched alkanes of at least 4 members (excludes halogenated alkanes) is 3. The third-order valence-corrected chi connectivity index (χ3v) is 4.75. The van der Waals surface area contributed by atoms with Crippen molar-refractivity contribution in [3.8, 4) is 0 Å². The predicted molar refractivity (Wildman–Crippen MR) is 87.5 cm³/mol. The topological polar surface area (TPSA) is 136 Å². The number of ether oxygens (including phenoxy) is 1. The molecule has 134 valence electrons. The smallest absolute Gasteiger partial charge is 0.333 e. The fourth-order valence-electron chi connectivity index (χ4n) is 1.34. The molecule has 0 aliphatic heterocycles. The third-order valence-electron chi connectivity index (χ3n) is 2.94. The Balaban J connectivity index is -0.00000180. The summed E-state index contributed by atoms with van der Waals surface area (Å²) in [6, 6.07) is 0. The number of carbonyl (C=O) groups is 1. The van der Waals surface area contributed by atoms with Crippen molar-refractivity contribution in [2.75, 3.05) is 13.2 Å². The Morgan fingerprint density at radius 3 is 2.09 bits per heavy atom. The van der Waals surface area contributed by atoms with Crippen molar-refractivity contribution < 1.29 is 27.6 Å². The second-order valence-corrected chi connectivity index (χ2v) is 6.89. The van der Waals surface area contributed by atoms with Gasteiger partial charge in [0.25, 0.3) is 10.1 Å². The van der Waals surface area contributed by atoms with Gasteiger partial charge in [-0.2, -0.15) is 8.42 Å². The molecular weight excluding hydrogens is 310 g/mol. The van der Waals surface area contributed by atoms with E-state index in [-0.39, 0.29) is 24.2 Å². The molecule has 0 spiro atoms. The van der Waals surface area contributed by atoms with Crippen LogP contribution >= 0.6 is 0 Å². The Bertz CT molecular complexity index is 408. The molecule has 0 bridgehead atoms. The number of esters is 1. The van der Waals surface area contributed by atoms with E-state index in [1.165, 1.54) is 0 Å². The van der Waals surface area contributed by atoms with Crippen LogP contribution in [0.5, 0.6) is 0 Å². The highest BCUT2D eigenvalue weighted by molar-refractivity contribution is 7.87. The van der Waals surface area contributed by atoms with Gasteiger partial charge < -0.3 is 16.4 Å². The van der Waals surface area contributed by atoms with Gasteiger partial charge in [-0.15, -0.1) is 0 Å². The fourth-order valence-corrected chi connectivity index (χ4v) is 2.33. The molecule has 0 amide bonds. The molecule has 0 aliphatic carbocycles. The first-order chi connectivity index (χ1) is 9.31. The average molecular weight is 341 g/mol. The lowest BCUT2D eigenvalue weighted by Crippen LogP contribution is -2.20. The van der Waals surface area contributed by atoms with Gasteiger partial charge >= 0.3 is 5.97 Å². The van der Waals surface area contributed by atoms with Gasteiger partial charge in [0.15, 0.2) is 0 Å². The molecule has 5 N–H and O–H groups in total. The zero-order valence-corrected chi connectivity index (χ0v) is 14.7. The van der Waals surface area contributed by atoms with Gasteiger partial charge in [0.2, 0.25) is 0 Å². The third kappa shape index (κ3) is 11.7.